The highest BCUT2D eigenvalue weighted by Gasteiger charge is 2.37. The highest BCUT2D eigenvalue weighted by atomic mass is 16.4. The Morgan fingerprint density at radius 3 is 2.18 bits per heavy atom. The van der Waals surface area contributed by atoms with Crippen LogP contribution >= 0.6 is 0 Å². The van der Waals surface area contributed by atoms with Crippen LogP contribution in [0.5, 0.6) is 0 Å². The van der Waals surface area contributed by atoms with Gasteiger partial charge < -0.3 is 31.5 Å². The normalized spacial score (nSPS) is 19.6. The molecule has 1 fully saturated rings. The van der Waals surface area contributed by atoms with Crippen molar-refractivity contribution in [2.75, 3.05) is 6.54 Å². The maximum absolute atomic E-state index is 12.6. The molecule has 0 aromatic heterocycles. The van der Waals surface area contributed by atoms with Gasteiger partial charge >= 0.3 is 11.9 Å². The van der Waals surface area contributed by atoms with Gasteiger partial charge in [0, 0.05) is 6.54 Å². The van der Waals surface area contributed by atoms with E-state index in [0.717, 1.165) is 0 Å². The number of carboxylic acid groups (broad SMARTS) is 2. The van der Waals surface area contributed by atoms with Crippen molar-refractivity contribution >= 4 is 29.7 Å². The Labute approximate surface area is 162 Å². The second-order valence-corrected chi connectivity index (χ2v) is 7.21. The zero-order chi connectivity index (χ0) is 21.6. The van der Waals surface area contributed by atoms with Crippen molar-refractivity contribution in [2.24, 2.45) is 11.7 Å². The van der Waals surface area contributed by atoms with E-state index in [9.17, 15) is 29.1 Å². The second-order valence-electron chi connectivity index (χ2n) is 7.21. The van der Waals surface area contributed by atoms with Gasteiger partial charge in [0.1, 0.15) is 18.1 Å². The van der Waals surface area contributed by atoms with Crippen molar-refractivity contribution in [3.8, 4) is 0 Å². The van der Waals surface area contributed by atoms with Gasteiger partial charge in [-0.25, -0.2) is 4.79 Å². The van der Waals surface area contributed by atoms with Gasteiger partial charge in [0.15, 0.2) is 0 Å². The topological polar surface area (TPSA) is 179 Å². The number of nitrogens with two attached hydrogens (primary N) is 1. The van der Waals surface area contributed by atoms with Gasteiger partial charge in [-0.1, -0.05) is 13.8 Å². The van der Waals surface area contributed by atoms with Gasteiger partial charge in [-0.3, -0.25) is 19.2 Å². The van der Waals surface area contributed by atoms with Crippen molar-refractivity contribution in [1.29, 1.82) is 0 Å². The van der Waals surface area contributed by atoms with Gasteiger partial charge in [-0.15, -0.1) is 0 Å². The van der Waals surface area contributed by atoms with Crippen LogP contribution in [0.15, 0.2) is 0 Å². The Morgan fingerprint density at radius 2 is 1.71 bits per heavy atom. The number of hydrogen-bond donors (Lipinski definition) is 5. The fourth-order valence-corrected chi connectivity index (χ4v) is 2.98. The van der Waals surface area contributed by atoms with E-state index < -0.39 is 66.2 Å². The third-order valence-electron chi connectivity index (χ3n) is 4.47. The largest absolute Gasteiger partial charge is 0.481 e. The van der Waals surface area contributed by atoms with Crippen molar-refractivity contribution in [3.05, 3.63) is 0 Å². The van der Waals surface area contributed by atoms with E-state index in [2.05, 4.69) is 10.6 Å². The molecule has 4 unspecified atom stereocenters. The molecule has 4 atom stereocenters. The van der Waals surface area contributed by atoms with E-state index in [1.54, 1.807) is 13.8 Å². The van der Waals surface area contributed by atoms with E-state index in [-0.39, 0.29) is 0 Å². The number of nitrogens with one attached hydrogen (secondary N) is 2. The molecule has 1 saturated heterocycles. The fourth-order valence-electron chi connectivity index (χ4n) is 2.98. The molecule has 1 aliphatic heterocycles. The monoisotopic (exact) mass is 400 g/mol. The molecule has 1 heterocycles. The predicted molar refractivity (Wildman–Crippen MR) is 97.0 cm³/mol. The number of carbonyl (C=O) groups excluding carboxylic acids is 3. The molecule has 158 valence electrons. The fraction of sp³-hybridized carbons (Fsp3) is 0.706. The van der Waals surface area contributed by atoms with Crippen LogP contribution in [-0.4, -0.2) is 75.5 Å². The summed E-state index contributed by atoms with van der Waals surface area (Å²) in [5, 5.41) is 22.8. The zero-order valence-corrected chi connectivity index (χ0v) is 16.2. The van der Waals surface area contributed by atoms with Crippen LogP contribution in [0.3, 0.4) is 0 Å². The summed E-state index contributed by atoms with van der Waals surface area (Å²) >= 11 is 0. The average Bonchev–Trinajstić information content (AvgIpc) is 3.06. The van der Waals surface area contributed by atoms with Crippen molar-refractivity contribution in [1.82, 2.24) is 15.5 Å². The zero-order valence-electron chi connectivity index (χ0n) is 16.2. The quantitative estimate of drug-likeness (QED) is 0.310. The molecule has 11 nitrogen and oxygen atoms in total. The van der Waals surface area contributed by atoms with Crippen molar-refractivity contribution in [3.63, 3.8) is 0 Å². The maximum atomic E-state index is 12.6. The van der Waals surface area contributed by atoms with Crippen molar-refractivity contribution in [2.45, 2.75) is 64.2 Å². The number of carboxylic acids is 2. The molecule has 1 rings (SSSR count). The van der Waals surface area contributed by atoms with E-state index in [4.69, 9.17) is 10.8 Å². The smallest absolute Gasteiger partial charge is 0.326 e. The maximum Gasteiger partial charge on any atom is 0.326 e. The first-order chi connectivity index (χ1) is 13.0. The molecule has 11 heteroatoms. The minimum absolute atomic E-state index is 0.336. The number of carbonyl (C=O) groups is 5. The summed E-state index contributed by atoms with van der Waals surface area (Å²) in [4.78, 5) is 60.8. The number of rotatable bonds is 9. The van der Waals surface area contributed by atoms with Crippen LogP contribution in [0, 0.1) is 5.92 Å². The number of hydrogen-bond acceptors (Lipinski definition) is 6. The molecule has 0 aliphatic carbocycles. The number of likely N-dealkylation sites (tertiary alicyclic amines) is 1. The molecule has 1 aliphatic rings. The van der Waals surface area contributed by atoms with Gasteiger partial charge in [0.05, 0.1) is 12.5 Å². The lowest BCUT2D eigenvalue weighted by atomic mass is 10.0. The summed E-state index contributed by atoms with van der Waals surface area (Å²) in [6.07, 6.45) is 0.201. The first kappa shape index (κ1) is 23.3. The first-order valence-electron chi connectivity index (χ1n) is 9.07. The lowest BCUT2D eigenvalue weighted by Crippen LogP contribution is -2.57. The van der Waals surface area contributed by atoms with Crippen LogP contribution in [-0.2, 0) is 24.0 Å². The standard InChI is InChI=1S/C17H28N4O7/c1-8(2)13(17(27)28)20-14(24)10(7-12(22)23)19-15(25)11-5-4-6-21(11)16(26)9(3)18/h8-11,13H,4-7,18H2,1-3H3,(H,19,25)(H,20,24)(H,22,23)(H,27,28). The summed E-state index contributed by atoms with van der Waals surface area (Å²) in [5.74, 6) is -5.07. The molecule has 0 saturated carbocycles. The highest BCUT2D eigenvalue weighted by Crippen LogP contribution is 2.18. The first-order valence-corrected chi connectivity index (χ1v) is 9.07. The highest BCUT2D eigenvalue weighted by molar-refractivity contribution is 5.95. The average molecular weight is 400 g/mol. The summed E-state index contributed by atoms with van der Waals surface area (Å²) in [6.45, 7) is 5.00. The summed E-state index contributed by atoms with van der Waals surface area (Å²) in [6, 6.07) is -4.36. The van der Waals surface area contributed by atoms with Crippen LogP contribution in [0.4, 0.5) is 0 Å². The molecule has 0 spiro atoms. The van der Waals surface area contributed by atoms with Crippen LogP contribution < -0.4 is 16.4 Å². The molecule has 0 bridgehead atoms. The molecule has 28 heavy (non-hydrogen) atoms. The van der Waals surface area contributed by atoms with E-state index in [1.807, 2.05) is 0 Å². The third kappa shape index (κ3) is 6.19. The SMILES string of the molecule is CC(N)C(=O)N1CCCC1C(=O)NC(CC(=O)O)C(=O)NC(C(=O)O)C(C)C. The van der Waals surface area contributed by atoms with Crippen LogP contribution in [0.25, 0.3) is 0 Å². The van der Waals surface area contributed by atoms with Gasteiger partial charge in [-0.05, 0) is 25.7 Å². The van der Waals surface area contributed by atoms with Crippen LogP contribution in [0.1, 0.15) is 40.0 Å². The Bertz CT molecular complexity index is 635. The predicted octanol–water partition coefficient (Wildman–Crippen LogP) is -1.49. The van der Waals surface area contributed by atoms with E-state index in [0.29, 0.717) is 19.4 Å². The van der Waals surface area contributed by atoms with Gasteiger partial charge in [0.25, 0.3) is 0 Å². The van der Waals surface area contributed by atoms with Gasteiger partial charge in [0.2, 0.25) is 17.7 Å². The van der Waals surface area contributed by atoms with E-state index in [1.165, 1.54) is 11.8 Å². The lowest BCUT2D eigenvalue weighted by molar-refractivity contribution is -0.145. The summed E-state index contributed by atoms with van der Waals surface area (Å²) in [7, 11) is 0. The molecule has 0 aromatic carbocycles. The molecule has 0 radical (unpaired) electrons. The van der Waals surface area contributed by atoms with Crippen LogP contribution in [0.2, 0.25) is 0 Å². The minimum Gasteiger partial charge on any atom is -0.481 e. The summed E-state index contributed by atoms with van der Waals surface area (Å²) < 4.78 is 0. The Hall–Kier alpha value is -2.69. The second kappa shape index (κ2) is 10.0. The van der Waals surface area contributed by atoms with Crippen molar-refractivity contribution < 1.29 is 34.2 Å². The Kier molecular flexibility index (Phi) is 8.35. The Balaban J connectivity index is 2.91. The number of aliphatic carboxylic acids is 2. The van der Waals surface area contributed by atoms with Gasteiger partial charge in [-0.2, -0.15) is 0 Å². The van der Waals surface area contributed by atoms with E-state index >= 15 is 0 Å². The molecule has 6 N–H and O–H groups in total. The lowest BCUT2D eigenvalue weighted by Gasteiger charge is -2.28. The molecular formula is C17H28N4O7. The Morgan fingerprint density at radius 1 is 1.11 bits per heavy atom. The molecule has 0 aromatic rings. The molecular weight excluding hydrogens is 372 g/mol. The molecule has 3 amide bonds. The minimum atomic E-state index is -1.47. The third-order valence-corrected chi connectivity index (χ3v) is 4.47. The number of amides is 3. The summed E-state index contributed by atoms with van der Waals surface area (Å²) in [5.41, 5.74) is 5.58. The number of nitrogens with zero attached hydrogens (tertiary/aromatic N) is 1.